The van der Waals surface area contributed by atoms with Gasteiger partial charge in [0.15, 0.2) is 0 Å². The van der Waals surface area contributed by atoms with Gasteiger partial charge in [0.2, 0.25) is 0 Å². The standard InChI is InChI=1S/C13H14O6/c1-3-18-12(16)8-5-6-9(13(17)19-4-2)10(7-8)11(14)15/h5-7H,3-4H2,1-2H3,(H,14,15). The fraction of sp³-hybridized carbons (Fsp3) is 0.308. The third-order valence-electron chi connectivity index (χ3n) is 2.26. The SMILES string of the molecule is CCOC(=O)c1ccc(C(=O)OCC)c(C(=O)O)c1. The van der Waals surface area contributed by atoms with Crippen LogP contribution < -0.4 is 0 Å². The van der Waals surface area contributed by atoms with Crippen LogP contribution in [0, 0.1) is 0 Å². The number of carboxylic acid groups (broad SMARTS) is 1. The van der Waals surface area contributed by atoms with Crippen molar-refractivity contribution >= 4 is 17.9 Å². The number of ether oxygens (including phenoxy) is 2. The third-order valence-corrected chi connectivity index (χ3v) is 2.26. The Morgan fingerprint density at radius 1 is 1.00 bits per heavy atom. The van der Waals surface area contributed by atoms with Crippen LogP contribution in [0.4, 0.5) is 0 Å². The molecule has 0 unspecified atom stereocenters. The number of rotatable bonds is 5. The Kier molecular flexibility index (Phi) is 5.05. The second-order valence-electron chi connectivity index (χ2n) is 3.51. The van der Waals surface area contributed by atoms with Crippen LogP contribution in [0.1, 0.15) is 44.9 Å². The summed E-state index contributed by atoms with van der Waals surface area (Å²) >= 11 is 0. The maximum absolute atomic E-state index is 11.6. The molecule has 0 aliphatic carbocycles. The highest BCUT2D eigenvalue weighted by atomic mass is 16.5. The van der Waals surface area contributed by atoms with Crippen molar-refractivity contribution in [1.29, 1.82) is 0 Å². The van der Waals surface area contributed by atoms with E-state index in [0.717, 1.165) is 6.07 Å². The van der Waals surface area contributed by atoms with Gasteiger partial charge in [-0.3, -0.25) is 0 Å². The molecule has 1 N–H and O–H groups in total. The number of esters is 2. The molecule has 0 atom stereocenters. The van der Waals surface area contributed by atoms with E-state index in [1.165, 1.54) is 12.1 Å². The highest BCUT2D eigenvalue weighted by Crippen LogP contribution is 2.15. The lowest BCUT2D eigenvalue weighted by atomic mass is 10.0. The molecule has 0 heterocycles. The van der Waals surface area contributed by atoms with Gasteiger partial charge in [-0.15, -0.1) is 0 Å². The molecule has 1 aromatic carbocycles. The summed E-state index contributed by atoms with van der Waals surface area (Å²) in [5, 5.41) is 9.06. The van der Waals surface area contributed by atoms with Gasteiger partial charge in [-0.1, -0.05) is 0 Å². The molecule has 1 aromatic rings. The van der Waals surface area contributed by atoms with Gasteiger partial charge >= 0.3 is 17.9 Å². The van der Waals surface area contributed by atoms with Crippen LogP contribution in [0.5, 0.6) is 0 Å². The van der Waals surface area contributed by atoms with Gasteiger partial charge in [0.25, 0.3) is 0 Å². The Bertz CT molecular complexity index is 506. The van der Waals surface area contributed by atoms with E-state index < -0.39 is 17.9 Å². The van der Waals surface area contributed by atoms with E-state index in [2.05, 4.69) is 0 Å². The van der Waals surface area contributed by atoms with Crippen molar-refractivity contribution < 1.29 is 29.0 Å². The van der Waals surface area contributed by atoms with Crippen molar-refractivity contribution in [3.63, 3.8) is 0 Å². The molecule has 0 aromatic heterocycles. The molecule has 0 spiro atoms. The van der Waals surface area contributed by atoms with Gasteiger partial charge < -0.3 is 14.6 Å². The zero-order valence-corrected chi connectivity index (χ0v) is 10.6. The van der Waals surface area contributed by atoms with Crippen LogP contribution in [0.3, 0.4) is 0 Å². The molecule has 0 radical (unpaired) electrons. The molecule has 0 saturated heterocycles. The van der Waals surface area contributed by atoms with E-state index in [4.69, 9.17) is 14.6 Å². The molecule has 6 nitrogen and oxygen atoms in total. The van der Waals surface area contributed by atoms with E-state index in [9.17, 15) is 14.4 Å². The number of benzene rings is 1. The van der Waals surface area contributed by atoms with Gasteiger partial charge in [0, 0.05) is 0 Å². The lowest BCUT2D eigenvalue weighted by Crippen LogP contribution is -2.14. The fourth-order valence-electron chi connectivity index (χ4n) is 1.45. The smallest absolute Gasteiger partial charge is 0.338 e. The molecular weight excluding hydrogens is 252 g/mol. The van der Waals surface area contributed by atoms with Gasteiger partial charge in [0.05, 0.1) is 29.9 Å². The minimum absolute atomic E-state index is 0.0762. The Balaban J connectivity index is 3.18. The molecule has 0 aliphatic heterocycles. The third kappa shape index (κ3) is 3.54. The topological polar surface area (TPSA) is 89.9 Å². The summed E-state index contributed by atoms with van der Waals surface area (Å²) in [5.41, 5.74) is -0.307. The maximum Gasteiger partial charge on any atom is 0.338 e. The quantitative estimate of drug-likeness (QED) is 0.816. The summed E-state index contributed by atoms with van der Waals surface area (Å²) < 4.78 is 9.51. The molecule has 0 saturated carbocycles. The summed E-state index contributed by atoms with van der Waals surface area (Å²) in [5.74, 6) is -2.69. The Hall–Kier alpha value is -2.37. The van der Waals surface area contributed by atoms with Crippen molar-refractivity contribution in [3.8, 4) is 0 Å². The van der Waals surface area contributed by atoms with Crippen molar-refractivity contribution in [2.24, 2.45) is 0 Å². The predicted octanol–water partition coefficient (Wildman–Crippen LogP) is 1.74. The van der Waals surface area contributed by atoms with Crippen molar-refractivity contribution in [2.45, 2.75) is 13.8 Å². The number of hydrogen-bond donors (Lipinski definition) is 1. The molecule has 1 rings (SSSR count). The first-order chi connectivity index (χ1) is 9.01. The van der Waals surface area contributed by atoms with Crippen LogP contribution in [0.25, 0.3) is 0 Å². The molecule has 0 amide bonds. The molecule has 102 valence electrons. The molecule has 0 bridgehead atoms. The largest absolute Gasteiger partial charge is 0.478 e. The summed E-state index contributed by atoms with van der Waals surface area (Å²) in [6.07, 6.45) is 0. The second kappa shape index (κ2) is 6.53. The van der Waals surface area contributed by atoms with E-state index in [1.807, 2.05) is 0 Å². The predicted molar refractivity (Wildman–Crippen MR) is 65.3 cm³/mol. The summed E-state index contributed by atoms with van der Waals surface area (Å²) in [4.78, 5) is 34.2. The zero-order chi connectivity index (χ0) is 14.4. The monoisotopic (exact) mass is 266 g/mol. The number of carbonyl (C=O) groups is 3. The summed E-state index contributed by atoms with van der Waals surface area (Å²) in [6.45, 7) is 3.58. The lowest BCUT2D eigenvalue weighted by molar-refractivity contribution is 0.0505. The van der Waals surface area contributed by atoms with Gasteiger partial charge in [0.1, 0.15) is 0 Å². The number of aromatic carboxylic acids is 1. The van der Waals surface area contributed by atoms with E-state index in [1.54, 1.807) is 13.8 Å². The van der Waals surface area contributed by atoms with E-state index in [-0.39, 0.29) is 29.9 Å². The highest BCUT2D eigenvalue weighted by molar-refractivity contribution is 6.04. The average molecular weight is 266 g/mol. The fourth-order valence-corrected chi connectivity index (χ4v) is 1.45. The van der Waals surface area contributed by atoms with Crippen LogP contribution in [0.2, 0.25) is 0 Å². The lowest BCUT2D eigenvalue weighted by Gasteiger charge is -2.07. The molecule has 19 heavy (non-hydrogen) atoms. The number of carbonyl (C=O) groups excluding carboxylic acids is 2. The normalized spacial score (nSPS) is 9.79. The van der Waals surface area contributed by atoms with Crippen molar-refractivity contribution in [2.75, 3.05) is 13.2 Å². The maximum atomic E-state index is 11.6. The van der Waals surface area contributed by atoms with E-state index >= 15 is 0 Å². The van der Waals surface area contributed by atoms with Crippen molar-refractivity contribution in [1.82, 2.24) is 0 Å². The van der Waals surface area contributed by atoms with Crippen LogP contribution >= 0.6 is 0 Å². The second-order valence-corrected chi connectivity index (χ2v) is 3.51. The molecule has 0 aliphatic rings. The van der Waals surface area contributed by atoms with Crippen LogP contribution in [-0.4, -0.2) is 36.2 Å². The molecular formula is C13H14O6. The van der Waals surface area contributed by atoms with Crippen molar-refractivity contribution in [3.05, 3.63) is 34.9 Å². The molecule has 6 heteroatoms. The average Bonchev–Trinajstić information content (AvgIpc) is 2.38. The number of carboxylic acids is 1. The van der Waals surface area contributed by atoms with Gasteiger partial charge in [-0.05, 0) is 32.0 Å². The minimum atomic E-state index is -1.31. The van der Waals surface area contributed by atoms with Gasteiger partial charge in [-0.2, -0.15) is 0 Å². The first kappa shape index (κ1) is 14.7. The summed E-state index contributed by atoms with van der Waals surface area (Å²) in [7, 11) is 0. The zero-order valence-electron chi connectivity index (χ0n) is 10.6. The molecule has 0 fully saturated rings. The minimum Gasteiger partial charge on any atom is -0.478 e. The van der Waals surface area contributed by atoms with Crippen LogP contribution in [0.15, 0.2) is 18.2 Å². The Morgan fingerprint density at radius 3 is 2.11 bits per heavy atom. The summed E-state index contributed by atoms with van der Waals surface area (Å²) in [6, 6.07) is 3.68. The van der Waals surface area contributed by atoms with Gasteiger partial charge in [-0.25, -0.2) is 14.4 Å². The Labute approximate surface area is 109 Å². The number of hydrogen-bond acceptors (Lipinski definition) is 5. The highest BCUT2D eigenvalue weighted by Gasteiger charge is 2.20. The first-order valence-corrected chi connectivity index (χ1v) is 5.72. The first-order valence-electron chi connectivity index (χ1n) is 5.72. The van der Waals surface area contributed by atoms with E-state index in [0.29, 0.717) is 0 Å². The Morgan fingerprint density at radius 2 is 1.58 bits per heavy atom. The van der Waals surface area contributed by atoms with Crippen LogP contribution in [-0.2, 0) is 9.47 Å².